The number of rotatable bonds is 5. The number of hydrazone groups is 1. The zero-order chi connectivity index (χ0) is 17.6. The third kappa shape index (κ3) is 4.45. The van der Waals surface area contributed by atoms with Crippen molar-refractivity contribution in [3.8, 4) is 5.75 Å². The zero-order valence-electron chi connectivity index (χ0n) is 13.0. The largest absolute Gasteiger partial charge is 0.484 e. The van der Waals surface area contributed by atoms with Gasteiger partial charge in [-0.15, -0.1) is 0 Å². The van der Waals surface area contributed by atoms with Gasteiger partial charge in [-0.05, 0) is 41.8 Å². The number of benzene rings is 2. The van der Waals surface area contributed by atoms with E-state index in [2.05, 4.69) is 15.5 Å². The highest BCUT2D eigenvalue weighted by Gasteiger charge is 2.03. The number of para-hydroxylation sites is 1. The van der Waals surface area contributed by atoms with Gasteiger partial charge in [-0.1, -0.05) is 29.8 Å². The molecule has 126 valence electrons. The number of hydrogen-bond acceptors (Lipinski definition) is 4. The molecule has 1 heterocycles. The van der Waals surface area contributed by atoms with Crippen molar-refractivity contribution in [1.29, 1.82) is 0 Å². The fourth-order valence-corrected chi connectivity index (χ4v) is 2.27. The molecular formula is C18H14ClN3O3. The molecule has 0 aliphatic rings. The average molecular weight is 356 g/mol. The van der Waals surface area contributed by atoms with E-state index in [4.69, 9.17) is 16.3 Å². The van der Waals surface area contributed by atoms with Crippen molar-refractivity contribution in [1.82, 2.24) is 10.4 Å². The zero-order valence-corrected chi connectivity index (χ0v) is 13.8. The van der Waals surface area contributed by atoms with E-state index in [9.17, 15) is 9.59 Å². The Morgan fingerprint density at radius 2 is 1.96 bits per heavy atom. The molecule has 3 aromatic rings. The Morgan fingerprint density at radius 1 is 1.20 bits per heavy atom. The molecule has 0 aliphatic carbocycles. The predicted molar refractivity (Wildman–Crippen MR) is 97.3 cm³/mol. The summed E-state index contributed by atoms with van der Waals surface area (Å²) in [6.07, 6.45) is 1.30. The smallest absolute Gasteiger partial charge is 0.277 e. The lowest BCUT2D eigenvalue weighted by atomic mass is 10.2. The summed E-state index contributed by atoms with van der Waals surface area (Å²) in [5.41, 5.74) is 3.12. The molecule has 2 N–H and O–H groups in total. The molecular weight excluding hydrogens is 342 g/mol. The fraction of sp³-hybridized carbons (Fsp3) is 0.0556. The highest BCUT2D eigenvalue weighted by molar-refractivity contribution is 6.30. The summed E-state index contributed by atoms with van der Waals surface area (Å²) in [5, 5.41) is 5.25. The number of ether oxygens (including phenoxy) is 1. The number of aromatic nitrogens is 1. The van der Waals surface area contributed by atoms with Crippen LogP contribution >= 0.6 is 11.6 Å². The van der Waals surface area contributed by atoms with Crippen LogP contribution in [0.4, 0.5) is 0 Å². The summed E-state index contributed by atoms with van der Waals surface area (Å²) in [6, 6.07) is 15.8. The van der Waals surface area contributed by atoms with Crippen LogP contribution in [0.1, 0.15) is 5.56 Å². The van der Waals surface area contributed by atoms with Gasteiger partial charge >= 0.3 is 0 Å². The number of pyridine rings is 1. The number of nitrogens with zero attached hydrogens (tertiary/aromatic N) is 1. The van der Waals surface area contributed by atoms with Gasteiger partial charge in [0.15, 0.2) is 6.61 Å². The van der Waals surface area contributed by atoms with Gasteiger partial charge in [-0.25, -0.2) is 5.43 Å². The summed E-state index contributed by atoms with van der Waals surface area (Å²) in [6.45, 7) is -0.201. The van der Waals surface area contributed by atoms with Gasteiger partial charge in [0, 0.05) is 10.5 Å². The molecule has 0 radical (unpaired) electrons. The molecule has 0 atom stereocenters. The van der Waals surface area contributed by atoms with Crippen LogP contribution in [-0.4, -0.2) is 23.7 Å². The topological polar surface area (TPSA) is 83.5 Å². The van der Waals surface area contributed by atoms with Crippen molar-refractivity contribution >= 4 is 34.6 Å². The van der Waals surface area contributed by atoms with Crippen LogP contribution in [0.3, 0.4) is 0 Å². The second kappa shape index (κ2) is 7.63. The Morgan fingerprint density at radius 3 is 2.76 bits per heavy atom. The van der Waals surface area contributed by atoms with Crippen LogP contribution in [0.15, 0.2) is 64.5 Å². The van der Waals surface area contributed by atoms with E-state index in [-0.39, 0.29) is 12.2 Å². The summed E-state index contributed by atoms with van der Waals surface area (Å²) in [7, 11) is 0. The molecule has 0 bridgehead atoms. The summed E-state index contributed by atoms with van der Waals surface area (Å²) in [4.78, 5) is 26.4. The number of nitrogens with one attached hydrogen (secondary N) is 2. The molecule has 0 saturated carbocycles. The van der Waals surface area contributed by atoms with Crippen LogP contribution < -0.4 is 15.7 Å². The second-order valence-corrected chi connectivity index (χ2v) is 5.61. The third-order valence-corrected chi connectivity index (χ3v) is 3.61. The minimum absolute atomic E-state index is 0.201. The van der Waals surface area contributed by atoms with Crippen LogP contribution in [0.5, 0.6) is 5.75 Å². The van der Waals surface area contributed by atoms with E-state index in [1.807, 2.05) is 24.3 Å². The van der Waals surface area contributed by atoms with Crippen molar-refractivity contribution in [3.05, 3.63) is 75.5 Å². The van der Waals surface area contributed by atoms with Gasteiger partial charge in [-0.2, -0.15) is 5.10 Å². The fourth-order valence-electron chi connectivity index (χ4n) is 2.15. The lowest BCUT2D eigenvalue weighted by molar-refractivity contribution is -0.123. The Hall–Kier alpha value is -3.12. The number of amides is 1. The molecule has 1 aromatic heterocycles. The molecule has 7 heteroatoms. The summed E-state index contributed by atoms with van der Waals surface area (Å²) < 4.78 is 5.29. The number of hydrogen-bond donors (Lipinski definition) is 2. The van der Waals surface area contributed by atoms with Crippen LogP contribution in [0, 0.1) is 0 Å². The van der Waals surface area contributed by atoms with E-state index in [0.29, 0.717) is 16.3 Å². The monoisotopic (exact) mass is 355 g/mol. The van der Waals surface area contributed by atoms with E-state index >= 15 is 0 Å². The maximum absolute atomic E-state index is 12.0. The molecule has 0 unspecified atom stereocenters. The first-order valence-electron chi connectivity index (χ1n) is 7.44. The highest BCUT2D eigenvalue weighted by Crippen LogP contribution is 2.15. The third-order valence-electron chi connectivity index (χ3n) is 3.36. The molecule has 0 saturated heterocycles. The highest BCUT2D eigenvalue weighted by atomic mass is 35.5. The molecule has 25 heavy (non-hydrogen) atoms. The van der Waals surface area contributed by atoms with E-state index < -0.39 is 5.91 Å². The van der Waals surface area contributed by atoms with Crippen molar-refractivity contribution < 1.29 is 9.53 Å². The van der Waals surface area contributed by atoms with Gasteiger partial charge in [0.05, 0.1) is 11.8 Å². The van der Waals surface area contributed by atoms with E-state index in [1.54, 1.807) is 30.3 Å². The molecule has 0 fully saturated rings. The van der Waals surface area contributed by atoms with Crippen molar-refractivity contribution in [2.24, 2.45) is 5.10 Å². The Bertz CT molecular complexity index is 981. The minimum atomic E-state index is -0.441. The van der Waals surface area contributed by atoms with E-state index in [1.165, 1.54) is 6.21 Å². The first-order valence-corrected chi connectivity index (χ1v) is 7.82. The van der Waals surface area contributed by atoms with E-state index in [0.717, 1.165) is 10.9 Å². The van der Waals surface area contributed by atoms with Crippen molar-refractivity contribution in [3.63, 3.8) is 0 Å². The summed E-state index contributed by atoms with van der Waals surface area (Å²) >= 11 is 5.77. The molecule has 6 nitrogen and oxygen atoms in total. The number of fused-ring (bicyclic) bond motifs is 1. The number of carbonyl (C=O) groups is 1. The van der Waals surface area contributed by atoms with Crippen LogP contribution in [0.2, 0.25) is 5.02 Å². The number of aromatic amines is 1. The lowest BCUT2D eigenvalue weighted by Crippen LogP contribution is -2.25. The van der Waals surface area contributed by atoms with Crippen LogP contribution in [0.25, 0.3) is 10.9 Å². The lowest BCUT2D eigenvalue weighted by Gasteiger charge is -2.04. The number of halogens is 1. The maximum Gasteiger partial charge on any atom is 0.277 e. The minimum Gasteiger partial charge on any atom is -0.484 e. The molecule has 2 aromatic carbocycles. The Balaban J connectivity index is 1.59. The SMILES string of the molecule is O=C(COc1ccc(Cl)cc1)N/N=C/c1cc2ccccc2[nH]c1=O. The van der Waals surface area contributed by atoms with Crippen LogP contribution in [-0.2, 0) is 4.79 Å². The first-order chi connectivity index (χ1) is 12.1. The quantitative estimate of drug-likeness (QED) is 0.545. The predicted octanol–water partition coefficient (Wildman–Crippen LogP) is 2.71. The van der Waals surface area contributed by atoms with Gasteiger partial charge in [0.2, 0.25) is 0 Å². The maximum atomic E-state index is 12.0. The van der Waals surface area contributed by atoms with Crippen molar-refractivity contribution in [2.45, 2.75) is 0 Å². The van der Waals surface area contributed by atoms with Crippen molar-refractivity contribution in [2.75, 3.05) is 6.61 Å². The molecule has 1 amide bonds. The Kier molecular flexibility index (Phi) is 5.11. The molecule has 3 rings (SSSR count). The van der Waals surface area contributed by atoms with Gasteiger partial charge in [-0.3, -0.25) is 9.59 Å². The molecule has 0 spiro atoms. The van der Waals surface area contributed by atoms with Gasteiger partial charge in [0.25, 0.3) is 11.5 Å². The number of H-pyrrole nitrogens is 1. The summed E-state index contributed by atoms with van der Waals surface area (Å²) in [5.74, 6) is 0.0814. The standard InChI is InChI=1S/C18H14ClN3O3/c19-14-5-7-15(8-6-14)25-11-17(23)22-20-10-13-9-12-3-1-2-4-16(12)21-18(13)24/h1-10H,11H2,(H,21,24)(H,22,23)/b20-10+. The van der Waals surface area contributed by atoms with Gasteiger partial charge in [0.1, 0.15) is 5.75 Å². The first kappa shape index (κ1) is 16.7. The molecule has 0 aliphatic heterocycles. The van der Waals surface area contributed by atoms with Gasteiger partial charge < -0.3 is 9.72 Å². The normalized spacial score (nSPS) is 10.9. The average Bonchev–Trinajstić information content (AvgIpc) is 2.61. The number of carbonyl (C=O) groups excluding carboxylic acids is 1. The Labute approximate surface area is 148 Å². The second-order valence-electron chi connectivity index (χ2n) is 5.18.